The van der Waals surface area contributed by atoms with Crippen molar-refractivity contribution in [2.45, 2.75) is 0 Å². The molecule has 0 unspecified atom stereocenters. The van der Waals surface area contributed by atoms with Crippen LogP contribution in [0.4, 0.5) is 15.8 Å². The molecule has 0 spiro atoms. The highest BCUT2D eigenvalue weighted by Gasteiger charge is 2.18. The first-order chi connectivity index (χ1) is 10.1. The highest BCUT2D eigenvalue weighted by atomic mass is 35.5. The molecule has 3 aromatic rings. The van der Waals surface area contributed by atoms with Gasteiger partial charge in [-0.3, -0.25) is 9.78 Å². The lowest BCUT2D eigenvalue weighted by molar-refractivity contribution is 0.103. The van der Waals surface area contributed by atoms with Crippen molar-refractivity contribution in [1.29, 1.82) is 0 Å². The molecule has 106 valence electrons. The number of thiophene rings is 1. The zero-order chi connectivity index (χ0) is 15.0. The lowest BCUT2D eigenvalue weighted by atomic mass is 10.2. The van der Waals surface area contributed by atoms with Gasteiger partial charge in [0.15, 0.2) is 0 Å². The Hall–Kier alpha value is -2.18. The van der Waals surface area contributed by atoms with E-state index < -0.39 is 11.7 Å². The average molecular weight is 322 g/mol. The molecule has 0 aliphatic heterocycles. The van der Waals surface area contributed by atoms with Crippen molar-refractivity contribution >= 4 is 50.4 Å². The smallest absolute Gasteiger partial charge is 0.268 e. The highest BCUT2D eigenvalue weighted by Crippen LogP contribution is 2.32. The number of hydrogen-bond acceptors (Lipinski definition) is 4. The van der Waals surface area contributed by atoms with Crippen molar-refractivity contribution in [3.63, 3.8) is 0 Å². The molecule has 3 rings (SSSR count). The highest BCUT2D eigenvalue weighted by molar-refractivity contribution is 7.21. The summed E-state index contributed by atoms with van der Waals surface area (Å²) in [4.78, 5) is 16.7. The minimum Gasteiger partial charge on any atom is -0.396 e. The standard InChI is InChI=1S/C14H9ClFN3OS/c15-7-3-4-8(16)9(6-7)19-14(20)13-11(17)12-10(21-13)2-1-5-18-12/h1-6H,17H2,(H,19,20). The number of fused-ring (bicyclic) bond motifs is 1. The number of nitrogen functional groups attached to an aromatic ring is 1. The van der Waals surface area contributed by atoms with Crippen molar-refractivity contribution in [1.82, 2.24) is 4.98 Å². The van der Waals surface area contributed by atoms with Gasteiger partial charge in [0.2, 0.25) is 0 Å². The zero-order valence-corrected chi connectivity index (χ0v) is 12.1. The summed E-state index contributed by atoms with van der Waals surface area (Å²) in [6.45, 7) is 0. The second kappa shape index (κ2) is 5.31. The molecule has 0 aliphatic carbocycles. The third kappa shape index (κ3) is 2.55. The zero-order valence-electron chi connectivity index (χ0n) is 10.6. The number of anilines is 2. The van der Waals surface area contributed by atoms with Gasteiger partial charge in [0.05, 0.1) is 16.1 Å². The molecule has 3 N–H and O–H groups in total. The Morgan fingerprint density at radius 2 is 2.19 bits per heavy atom. The van der Waals surface area contributed by atoms with Gasteiger partial charge in [0.1, 0.15) is 16.2 Å². The van der Waals surface area contributed by atoms with Crippen LogP contribution in [0.3, 0.4) is 0 Å². The summed E-state index contributed by atoms with van der Waals surface area (Å²) in [5.74, 6) is -1.05. The lowest BCUT2D eigenvalue weighted by Crippen LogP contribution is -2.13. The number of nitrogens with two attached hydrogens (primary N) is 1. The van der Waals surface area contributed by atoms with Gasteiger partial charge in [0, 0.05) is 11.2 Å². The summed E-state index contributed by atoms with van der Waals surface area (Å²) >= 11 is 7.00. The molecule has 4 nitrogen and oxygen atoms in total. The van der Waals surface area contributed by atoms with E-state index in [4.69, 9.17) is 17.3 Å². The van der Waals surface area contributed by atoms with Crippen LogP contribution in [0.5, 0.6) is 0 Å². The van der Waals surface area contributed by atoms with E-state index in [2.05, 4.69) is 10.3 Å². The van der Waals surface area contributed by atoms with Gasteiger partial charge in [0.25, 0.3) is 5.91 Å². The number of carbonyl (C=O) groups excluding carboxylic acids is 1. The topological polar surface area (TPSA) is 68.0 Å². The van der Waals surface area contributed by atoms with Gasteiger partial charge in [-0.2, -0.15) is 0 Å². The minimum atomic E-state index is -0.564. The maximum atomic E-state index is 13.6. The summed E-state index contributed by atoms with van der Waals surface area (Å²) in [6, 6.07) is 7.52. The molecule has 1 amide bonds. The number of benzene rings is 1. The van der Waals surface area contributed by atoms with Crippen molar-refractivity contribution in [2.24, 2.45) is 0 Å². The van der Waals surface area contributed by atoms with Gasteiger partial charge in [-0.05, 0) is 30.3 Å². The number of halogens is 2. The Balaban J connectivity index is 1.97. The fourth-order valence-electron chi connectivity index (χ4n) is 1.89. The van der Waals surface area contributed by atoms with Crippen LogP contribution in [0, 0.1) is 5.82 Å². The van der Waals surface area contributed by atoms with Gasteiger partial charge < -0.3 is 11.1 Å². The molecule has 0 fully saturated rings. The predicted octanol–water partition coefficient (Wildman–Crippen LogP) is 3.92. The normalized spacial score (nSPS) is 10.8. The second-order valence-corrected chi connectivity index (χ2v) is 5.76. The van der Waals surface area contributed by atoms with Crippen LogP contribution < -0.4 is 11.1 Å². The van der Waals surface area contributed by atoms with E-state index in [1.807, 2.05) is 6.07 Å². The van der Waals surface area contributed by atoms with E-state index in [-0.39, 0.29) is 11.4 Å². The number of nitrogens with one attached hydrogen (secondary N) is 1. The van der Waals surface area contributed by atoms with Crippen LogP contribution in [0.2, 0.25) is 5.02 Å². The van der Waals surface area contributed by atoms with Crippen molar-refractivity contribution in [3.05, 3.63) is 52.2 Å². The van der Waals surface area contributed by atoms with Crippen LogP contribution in [0.25, 0.3) is 10.2 Å². The lowest BCUT2D eigenvalue weighted by Gasteiger charge is -2.06. The van der Waals surface area contributed by atoms with Crippen molar-refractivity contribution in [3.8, 4) is 0 Å². The molecule has 0 aliphatic rings. The van der Waals surface area contributed by atoms with Crippen molar-refractivity contribution < 1.29 is 9.18 Å². The monoisotopic (exact) mass is 321 g/mol. The Morgan fingerprint density at radius 1 is 1.38 bits per heavy atom. The molecule has 7 heteroatoms. The average Bonchev–Trinajstić information content (AvgIpc) is 2.81. The van der Waals surface area contributed by atoms with E-state index in [0.717, 1.165) is 4.70 Å². The van der Waals surface area contributed by atoms with E-state index in [0.29, 0.717) is 15.4 Å². The molecule has 2 heterocycles. The quantitative estimate of drug-likeness (QED) is 0.751. The molecule has 0 saturated carbocycles. The Labute approximate surface area is 128 Å². The summed E-state index contributed by atoms with van der Waals surface area (Å²) in [7, 11) is 0. The number of nitrogens with zero attached hydrogens (tertiary/aromatic N) is 1. The van der Waals surface area contributed by atoms with Crippen LogP contribution in [0.1, 0.15) is 9.67 Å². The van der Waals surface area contributed by atoms with E-state index in [1.54, 1.807) is 12.3 Å². The third-order valence-corrected chi connectivity index (χ3v) is 4.26. The number of rotatable bonds is 2. The largest absolute Gasteiger partial charge is 0.396 e. The summed E-state index contributed by atoms with van der Waals surface area (Å²) in [6.07, 6.45) is 1.60. The summed E-state index contributed by atoms with van der Waals surface area (Å²) in [5.41, 5.74) is 6.80. The van der Waals surface area contributed by atoms with Crippen LogP contribution in [-0.2, 0) is 0 Å². The Bertz CT molecular complexity index is 849. The SMILES string of the molecule is Nc1c(C(=O)Nc2cc(Cl)ccc2F)sc2cccnc12. The number of aromatic nitrogens is 1. The Kier molecular flexibility index (Phi) is 3.48. The van der Waals surface area contributed by atoms with Crippen LogP contribution in [-0.4, -0.2) is 10.9 Å². The maximum absolute atomic E-state index is 13.6. The first-order valence-corrected chi connectivity index (χ1v) is 7.15. The molecular weight excluding hydrogens is 313 g/mol. The number of carbonyl (C=O) groups is 1. The van der Waals surface area contributed by atoms with Gasteiger partial charge in [-0.15, -0.1) is 11.3 Å². The first kappa shape index (κ1) is 13.8. The van der Waals surface area contributed by atoms with E-state index >= 15 is 0 Å². The molecule has 0 radical (unpaired) electrons. The van der Waals surface area contributed by atoms with Crippen molar-refractivity contribution in [2.75, 3.05) is 11.1 Å². The number of pyridine rings is 1. The summed E-state index contributed by atoms with van der Waals surface area (Å²) in [5, 5.41) is 2.80. The molecule has 2 aromatic heterocycles. The summed E-state index contributed by atoms with van der Waals surface area (Å²) < 4.78 is 14.4. The van der Waals surface area contributed by atoms with E-state index in [9.17, 15) is 9.18 Å². The van der Waals surface area contributed by atoms with E-state index in [1.165, 1.54) is 29.5 Å². The molecule has 21 heavy (non-hydrogen) atoms. The molecule has 0 saturated heterocycles. The fourth-order valence-corrected chi connectivity index (χ4v) is 3.04. The molecular formula is C14H9ClFN3OS. The first-order valence-electron chi connectivity index (χ1n) is 5.95. The third-order valence-electron chi connectivity index (χ3n) is 2.87. The minimum absolute atomic E-state index is 0.0114. The predicted molar refractivity (Wildman–Crippen MR) is 83.4 cm³/mol. The maximum Gasteiger partial charge on any atom is 0.268 e. The molecule has 0 bridgehead atoms. The van der Waals surface area contributed by atoms with Gasteiger partial charge >= 0.3 is 0 Å². The Morgan fingerprint density at radius 3 is 2.95 bits per heavy atom. The van der Waals surface area contributed by atoms with Crippen LogP contribution in [0.15, 0.2) is 36.5 Å². The number of hydrogen-bond donors (Lipinski definition) is 2. The molecule has 0 atom stereocenters. The molecule has 1 aromatic carbocycles. The van der Waals surface area contributed by atoms with Crippen LogP contribution >= 0.6 is 22.9 Å². The fraction of sp³-hybridized carbons (Fsp3) is 0. The van der Waals surface area contributed by atoms with Gasteiger partial charge in [-0.1, -0.05) is 11.6 Å². The van der Waals surface area contributed by atoms with Gasteiger partial charge in [-0.25, -0.2) is 4.39 Å². The number of amides is 1. The second-order valence-electron chi connectivity index (χ2n) is 4.27.